The van der Waals surface area contributed by atoms with E-state index in [2.05, 4.69) is 5.32 Å². The lowest BCUT2D eigenvalue weighted by molar-refractivity contribution is 0.0916. The van der Waals surface area contributed by atoms with Gasteiger partial charge in [0.25, 0.3) is 5.91 Å². The summed E-state index contributed by atoms with van der Waals surface area (Å²) in [4.78, 5) is 12.2. The van der Waals surface area contributed by atoms with Crippen LogP contribution in [-0.4, -0.2) is 23.7 Å². The van der Waals surface area contributed by atoms with E-state index in [0.29, 0.717) is 17.0 Å². The molecule has 2 N–H and O–H groups in total. The third-order valence-corrected chi connectivity index (χ3v) is 3.90. The number of hydrogen-bond donors (Lipinski definition) is 2. The molecule has 0 saturated heterocycles. The Morgan fingerprint density at radius 2 is 1.81 bits per heavy atom. The second-order valence-corrected chi connectivity index (χ2v) is 5.43. The highest BCUT2D eigenvalue weighted by Gasteiger charge is 2.17. The van der Waals surface area contributed by atoms with Crippen molar-refractivity contribution in [3.8, 4) is 0 Å². The van der Waals surface area contributed by atoms with Gasteiger partial charge in [-0.2, -0.15) is 0 Å². The summed E-state index contributed by atoms with van der Waals surface area (Å²) in [7, 11) is 0. The minimum Gasteiger partial charge on any atom is -0.394 e. The first-order chi connectivity index (χ1) is 10.1. The minimum absolute atomic E-state index is 0.154. The van der Waals surface area contributed by atoms with E-state index in [4.69, 9.17) is 23.2 Å². The molecule has 1 amide bonds. The van der Waals surface area contributed by atoms with E-state index < -0.39 is 0 Å². The first-order valence-corrected chi connectivity index (χ1v) is 7.27. The van der Waals surface area contributed by atoms with Gasteiger partial charge in [-0.25, -0.2) is 0 Å². The molecule has 0 aliphatic heterocycles. The second kappa shape index (κ2) is 7.46. The largest absolute Gasteiger partial charge is 0.394 e. The molecule has 0 fully saturated rings. The SMILES string of the molecule is O=C(N[C@H](CO)Cc1ccccc1)c1cccc(Cl)c1Cl. The topological polar surface area (TPSA) is 49.3 Å². The zero-order valence-corrected chi connectivity index (χ0v) is 12.7. The summed E-state index contributed by atoms with van der Waals surface area (Å²) in [6, 6.07) is 14.1. The molecular formula is C16H15Cl2NO2. The monoisotopic (exact) mass is 323 g/mol. The Hall–Kier alpha value is -1.55. The van der Waals surface area contributed by atoms with Crippen LogP contribution in [0.15, 0.2) is 48.5 Å². The van der Waals surface area contributed by atoms with Gasteiger partial charge in [-0.1, -0.05) is 59.6 Å². The number of amides is 1. The predicted octanol–water partition coefficient (Wildman–Crippen LogP) is 3.33. The number of carbonyl (C=O) groups excluding carboxylic acids is 1. The second-order valence-electron chi connectivity index (χ2n) is 4.64. The Labute approximate surface area is 133 Å². The molecule has 110 valence electrons. The lowest BCUT2D eigenvalue weighted by Crippen LogP contribution is -2.39. The van der Waals surface area contributed by atoms with Crippen LogP contribution in [0.1, 0.15) is 15.9 Å². The quantitative estimate of drug-likeness (QED) is 0.886. The van der Waals surface area contributed by atoms with Crippen molar-refractivity contribution in [1.29, 1.82) is 0 Å². The molecule has 0 aliphatic carbocycles. The predicted molar refractivity (Wildman–Crippen MR) is 84.9 cm³/mol. The Kier molecular flexibility index (Phi) is 5.62. The maximum absolute atomic E-state index is 12.2. The first kappa shape index (κ1) is 15.8. The van der Waals surface area contributed by atoms with Crippen molar-refractivity contribution in [3.63, 3.8) is 0 Å². The van der Waals surface area contributed by atoms with Gasteiger partial charge in [0, 0.05) is 0 Å². The number of aliphatic hydroxyl groups excluding tert-OH is 1. The van der Waals surface area contributed by atoms with Gasteiger partial charge in [-0.15, -0.1) is 0 Å². The molecule has 0 aromatic heterocycles. The van der Waals surface area contributed by atoms with E-state index in [0.717, 1.165) is 5.56 Å². The molecule has 0 aliphatic rings. The molecule has 0 heterocycles. The molecule has 2 aromatic rings. The normalized spacial score (nSPS) is 12.0. The zero-order chi connectivity index (χ0) is 15.2. The average Bonchev–Trinajstić information content (AvgIpc) is 2.50. The van der Waals surface area contributed by atoms with Gasteiger partial charge in [0.15, 0.2) is 0 Å². The molecule has 0 unspecified atom stereocenters. The summed E-state index contributed by atoms with van der Waals surface area (Å²) in [5.41, 5.74) is 1.34. The van der Waals surface area contributed by atoms with Crippen molar-refractivity contribution in [3.05, 3.63) is 69.7 Å². The van der Waals surface area contributed by atoms with Crippen LogP contribution >= 0.6 is 23.2 Å². The lowest BCUT2D eigenvalue weighted by Gasteiger charge is -2.17. The summed E-state index contributed by atoms with van der Waals surface area (Å²) in [5.74, 6) is -0.350. The number of hydrogen-bond acceptors (Lipinski definition) is 2. The third-order valence-electron chi connectivity index (χ3n) is 3.08. The summed E-state index contributed by atoms with van der Waals surface area (Å²) in [5, 5.41) is 12.7. The van der Waals surface area contributed by atoms with Gasteiger partial charge < -0.3 is 10.4 Å². The molecule has 3 nitrogen and oxygen atoms in total. The van der Waals surface area contributed by atoms with Gasteiger partial charge in [0.1, 0.15) is 0 Å². The van der Waals surface area contributed by atoms with E-state index in [1.165, 1.54) is 0 Å². The van der Waals surface area contributed by atoms with Crippen LogP contribution in [0, 0.1) is 0 Å². The third kappa shape index (κ3) is 4.21. The van der Waals surface area contributed by atoms with Crippen molar-refractivity contribution < 1.29 is 9.90 Å². The van der Waals surface area contributed by atoms with Crippen LogP contribution in [0.5, 0.6) is 0 Å². The van der Waals surface area contributed by atoms with E-state index in [9.17, 15) is 9.90 Å². The van der Waals surface area contributed by atoms with Crippen LogP contribution in [0.25, 0.3) is 0 Å². The molecule has 1 atom stereocenters. The highest BCUT2D eigenvalue weighted by Crippen LogP contribution is 2.25. The summed E-state index contributed by atoms with van der Waals surface area (Å²) in [6.45, 7) is -0.154. The Balaban J connectivity index is 2.08. The number of rotatable bonds is 5. The summed E-state index contributed by atoms with van der Waals surface area (Å²) in [6.07, 6.45) is 0.543. The van der Waals surface area contributed by atoms with Gasteiger partial charge in [-0.05, 0) is 24.1 Å². The van der Waals surface area contributed by atoms with Gasteiger partial charge >= 0.3 is 0 Å². The molecule has 2 aromatic carbocycles. The first-order valence-electron chi connectivity index (χ1n) is 6.51. The molecular weight excluding hydrogens is 309 g/mol. The fourth-order valence-corrected chi connectivity index (χ4v) is 2.39. The summed E-state index contributed by atoms with van der Waals surface area (Å²) >= 11 is 11.9. The molecule has 0 bridgehead atoms. The van der Waals surface area contributed by atoms with Crippen molar-refractivity contribution in [2.75, 3.05) is 6.61 Å². The average molecular weight is 324 g/mol. The molecule has 21 heavy (non-hydrogen) atoms. The van der Waals surface area contributed by atoms with Crippen LogP contribution < -0.4 is 5.32 Å². The van der Waals surface area contributed by atoms with Gasteiger partial charge in [0.05, 0.1) is 28.3 Å². The minimum atomic E-state index is -0.380. The van der Waals surface area contributed by atoms with E-state index in [1.54, 1.807) is 18.2 Å². The van der Waals surface area contributed by atoms with Crippen molar-refractivity contribution in [2.24, 2.45) is 0 Å². The van der Waals surface area contributed by atoms with Crippen molar-refractivity contribution in [1.82, 2.24) is 5.32 Å². The maximum Gasteiger partial charge on any atom is 0.253 e. The zero-order valence-electron chi connectivity index (χ0n) is 11.2. The van der Waals surface area contributed by atoms with Gasteiger partial charge in [0.2, 0.25) is 0 Å². The highest BCUT2D eigenvalue weighted by molar-refractivity contribution is 6.43. The number of benzene rings is 2. The van der Waals surface area contributed by atoms with E-state index >= 15 is 0 Å². The molecule has 0 spiro atoms. The van der Waals surface area contributed by atoms with E-state index in [1.807, 2.05) is 30.3 Å². The maximum atomic E-state index is 12.2. The van der Waals surface area contributed by atoms with Crippen LogP contribution in [0.2, 0.25) is 10.0 Å². The van der Waals surface area contributed by atoms with Crippen LogP contribution in [-0.2, 0) is 6.42 Å². The van der Waals surface area contributed by atoms with Crippen molar-refractivity contribution >= 4 is 29.1 Å². The van der Waals surface area contributed by atoms with Crippen LogP contribution in [0.3, 0.4) is 0 Å². The number of nitrogens with one attached hydrogen (secondary N) is 1. The molecule has 0 saturated carbocycles. The van der Waals surface area contributed by atoms with Crippen LogP contribution in [0.4, 0.5) is 0 Å². The smallest absolute Gasteiger partial charge is 0.253 e. The fourth-order valence-electron chi connectivity index (χ4n) is 2.00. The Morgan fingerprint density at radius 3 is 2.48 bits per heavy atom. The van der Waals surface area contributed by atoms with Crippen molar-refractivity contribution in [2.45, 2.75) is 12.5 Å². The Morgan fingerprint density at radius 1 is 1.10 bits per heavy atom. The highest BCUT2D eigenvalue weighted by atomic mass is 35.5. The summed E-state index contributed by atoms with van der Waals surface area (Å²) < 4.78 is 0. The van der Waals surface area contributed by atoms with E-state index in [-0.39, 0.29) is 23.6 Å². The van der Waals surface area contributed by atoms with Gasteiger partial charge in [-0.3, -0.25) is 4.79 Å². The molecule has 0 radical (unpaired) electrons. The Bertz CT molecular complexity index is 617. The lowest BCUT2D eigenvalue weighted by atomic mass is 10.1. The molecule has 2 rings (SSSR count). The number of carbonyl (C=O) groups is 1. The standard InChI is InChI=1S/C16H15Cl2NO2/c17-14-8-4-7-13(15(14)18)16(21)19-12(10-20)9-11-5-2-1-3-6-11/h1-8,12,20H,9-10H2,(H,19,21)/t12-/m0/s1. The number of halogens is 2. The molecule has 5 heteroatoms. The number of aliphatic hydroxyl groups is 1. The fraction of sp³-hybridized carbons (Fsp3) is 0.188.